The highest BCUT2D eigenvalue weighted by Crippen LogP contribution is 2.38. The van der Waals surface area contributed by atoms with Crippen molar-refractivity contribution in [1.82, 2.24) is 15.2 Å². The van der Waals surface area contributed by atoms with Crippen molar-refractivity contribution < 1.29 is 14.3 Å². The van der Waals surface area contributed by atoms with E-state index in [1.165, 1.54) is 0 Å². The summed E-state index contributed by atoms with van der Waals surface area (Å²) in [6.07, 6.45) is 3.61. The zero-order chi connectivity index (χ0) is 19.2. The molecule has 1 aromatic carbocycles. The number of methoxy groups -OCH3 is 1. The summed E-state index contributed by atoms with van der Waals surface area (Å²) in [5.74, 6) is -0.535. The van der Waals surface area contributed by atoms with Crippen molar-refractivity contribution in [1.29, 1.82) is 0 Å². The van der Waals surface area contributed by atoms with Gasteiger partial charge in [-0.15, -0.1) is 0 Å². The van der Waals surface area contributed by atoms with Crippen LogP contribution in [-0.2, 0) is 20.9 Å². The summed E-state index contributed by atoms with van der Waals surface area (Å²) in [5, 5.41) is 2.98. The Balaban J connectivity index is 1.80. The van der Waals surface area contributed by atoms with Crippen LogP contribution in [0, 0.1) is 12.8 Å². The molecule has 0 saturated carbocycles. The number of ether oxygens (including phenoxy) is 1. The predicted molar refractivity (Wildman–Crippen MR) is 102 cm³/mol. The van der Waals surface area contributed by atoms with Gasteiger partial charge in [-0.2, -0.15) is 0 Å². The molecule has 0 spiro atoms. The molecular weight excluding hydrogens is 342 g/mol. The number of aryl methyl sites for hydroxylation is 1. The van der Waals surface area contributed by atoms with E-state index >= 15 is 0 Å². The minimum atomic E-state index is -0.419. The molecule has 0 bridgehead atoms. The van der Waals surface area contributed by atoms with Gasteiger partial charge in [0.15, 0.2) is 0 Å². The molecule has 2 atom stereocenters. The Hall–Kier alpha value is -2.73. The van der Waals surface area contributed by atoms with Crippen LogP contribution in [0.15, 0.2) is 48.8 Å². The minimum Gasteiger partial charge on any atom is -0.383 e. The number of carbonyl (C=O) groups excluding carboxylic acids is 2. The average Bonchev–Trinajstić information content (AvgIpc) is 3.01. The van der Waals surface area contributed by atoms with E-state index < -0.39 is 5.92 Å². The lowest BCUT2D eigenvalue weighted by Gasteiger charge is -2.28. The monoisotopic (exact) mass is 367 g/mol. The maximum Gasteiger partial charge on any atom is 0.226 e. The van der Waals surface area contributed by atoms with Crippen molar-refractivity contribution in [2.45, 2.75) is 25.9 Å². The lowest BCUT2D eigenvalue weighted by molar-refractivity contribution is -0.129. The summed E-state index contributed by atoms with van der Waals surface area (Å²) < 4.78 is 5.16. The Kier molecular flexibility index (Phi) is 6.19. The summed E-state index contributed by atoms with van der Waals surface area (Å²) in [7, 11) is 1.61. The van der Waals surface area contributed by atoms with Crippen molar-refractivity contribution in [3.63, 3.8) is 0 Å². The van der Waals surface area contributed by atoms with Gasteiger partial charge in [-0.05, 0) is 30.2 Å². The number of aromatic nitrogens is 1. The first-order valence-electron chi connectivity index (χ1n) is 9.11. The van der Waals surface area contributed by atoms with E-state index in [1.54, 1.807) is 24.4 Å². The molecule has 6 heteroatoms. The van der Waals surface area contributed by atoms with E-state index in [9.17, 15) is 9.59 Å². The topological polar surface area (TPSA) is 71.5 Å². The molecule has 2 aromatic rings. The van der Waals surface area contributed by atoms with Crippen molar-refractivity contribution in [2.24, 2.45) is 5.92 Å². The molecule has 2 amide bonds. The molecule has 1 N–H and O–H groups in total. The molecule has 1 saturated heterocycles. The second-order valence-electron chi connectivity index (χ2n) is 6.82. The van der Waals surface area contributed by atoms with Crippen molar-refractivity contribution in [3.05, 3.63) is 65.5 Å². The number of benzene rings is 1. The Morgan fingerprint density at radius 3 is 2.78 bits per heavy atom. The molecule has 27 heavy (non-hydrogen) atoms. The van der Waals surface area contributed by atoms with Crippen LogP contribution in [0.3, 0.4) is 0 Å². The third-order valence-electron chi connectivity index (χ3n) is 4.90. The van der Waals surface area contributed by atoms with Crippen LogP contribution in [-0.4, -0.2) is 42.0 Å². The third kappa shape index (κ3) is 4.52. The van der Waals surface area contributed by atoms with E-state index in [4.69, 9.17) is 4.74 Å². The lowest BCUT2D eigenvalue weighted by atomic mass is 9.92. The van der Waals surface area contributed by atoms with Gasteiger partial charge in [-0.1, -0.05) is 29.8 Å². The summed E-state index contributed by atoms with van der Waals surface area (Å²) in [4.78, 5) is 31.3. The number of nitrogens with one attached hydrogen (secondary N) is 1. The lowest BCUT2D eigenvalue weighted by Crippen LogP contribution is -2.36. The number of rotatable bonds is 7. The smallest absolute Gasteiger partial charge is 0.226 e. The van der Waals surface area contributed by atoms with Gasteiger partial charge in [0.25, 0.3) is 0 Å². The van der Waals surface area contributed by atoms with Gasteiger partial charge in [0.2, 0.25) is 11.8 Å². The number of hydrogen-bond donors (Lipinski definition) is 1. The second-order valence-corrected chi connectivity index (χ2v) is 6.82. The van der Waals surface area contributed by atoms with Gasteiger partial charge < -0.3 is 15.0 Å². The largest absolute Gasteiger partial charge is 0.383 e. The van der Waals surface area contributed by atoms with Crippen LogP contribution in [0.25, 0.3) is 0 Å². The fourth-order valence-corrected chi connectivity index (χ4v) is 3.57. The highest BCUT2D eigenvalue weighted by atomic mass is 16.5. The predicted octanol–water partition coefficient (Wildman–Crippen LogP) is 2.24. The third-order valence-corrected chi connectivity index (χ3v) is 4.90. The van der Waals surface area contributed by atoms with E-state index in [0.29, 0.717) is 19.7 Å². The van der Waals surface area contributed by atoms with Crippen LogP contribution in [0.5, 0.6) is 0 Å². The first kappa shape index (κ1) is 19.0. The minimum absolute atomic E-state index is 0.0115. The van der Waals surface area contributed by atoms with Crippen LogP contribution in [0.4, 0.5) is 0 Å². The van der Waals surface area contributed by atoms with Crippen molar-refractivity contribution in [3.8, 4) is 0 Å². The van der Waals surface area contributed by atoms with Crippen molar-refractivity contribution in [2.75, 3.05) is 20.3 Å². The van der Waals surface area contributed by atoms with Gasteiger partial charge in [0.05, 0.1) is 18.6 Å². The van der Waals surface area contributed by atoms with Crippen LogP contribution in [0.1, 0.15) is 29.2 Å². The van der Waals surface area contributed by atoms with Gasteiger partial charge in [-0.25, -0.2) is 0 Å². The summed E-state index contributed by atoms with van der Waals surface area (Å²) >= 11 is 0. The van der Waals surface area contributed by atoms with Gasteiger partial charge in [-0.3, -0.25) is 14.6 Å². The number of carbonyl (C=O) groups is 2. The first-order chi connectivity index (χ1) is 13.1. The van der Waals surface area contributed by atoms with Gasteiger partial charge in [0.1, 0.15) is 0 Å². The van der Waals surface area contributed by atoms with Crippen LogP contribution < -0.4 is 5.32 Å². The van der Waals surface area contributed by atoms with E-state index in [0.717, 1.165) is 16.7 Å². The Labute approximate surface area is 159 Å². The molecule has 6 nitrogen and oxygen atoms in total. The Morgan fingerprint density at radius 2 is 2.07 bits per heavy atom. The standard InChI is InChI=1S/C21H25N3O3/c1-15-4-3-5-17(12-15)20-18(13-19(25)24(20)10-11-27-2)21(26)23-14-16-6-8-22-9-7-16/h3-9,12,18,20H,10-11,13-14H2,1-2H3,(H,23,26)/t18-,20+/m1/s1. The molecular formula is C21H25N3O3. The number of pyridine rings is 1. The molecule has 0 unspecified atom stereocenters. The van der Waals surface area contributed by atoms with Crippen molar-refractivity contribution >= 4 is 11.8 Å². The normalized spacial score (nSPS) is 19.3. The fourth-order valence-electron chi connectivity index (χ4n) is 3.57. The Morgan fingerprint density at radius 1 is 1.30 bits per heavy atom. The first-order valence-corrected chi connectivity index (χ1v) is 9.11. The highest BCUT2D eigenvalue weighted by Gasteiger charge is 2.44. The highest BCUT2D eigenvalue weighted by molar-refractivity contribution is 5.90. The quantitative estimate of drug-likeness (QED) is 0.815. The Bertz CT molecular complexity index is 794. The number of amides is 2. The van der Waals surface area contributed by atoms with Gasteiger partial charge >= 0.3 is 0 Å². The van der Waals surface area contributed by atoms with E-state index in [-0.39, 0.29) is 24.3 Å². The molecule has 0 radical (unpaired) electrons. The fraction of sp³-hybridized carbons (Fsp3) is 0.381. The SMILES string of the molecule is COCCN1C(=O)C[C@@H](C(=O)NCc2ccncc2)[C@@H]1c1cccc(C)c1. The maximum atomic E-state index is 12.9. The summed E-state index contributed by atoms with van der Waals surface area (Å²) in [5.41, 5.74) is 3.07. The van der Waals surface area contributed by atoms with Crippen LogP contribution in [0.2, 0.25) is 0 Å². The molecule has 1 aliphatic heterocycles. The second kappa shape index (κ2) is 8.77. The maximum absolute atomic E-state index is 12.9. The average molecular weight is 367 g/mol. The van der Waals surface area contributed by atoms with Crippen LogP contribution >= 0.6 is 0 Å². The molecule has 1 aliphatic rings. The molecule has 3 rings (SSSR count). The van der Waals surface area contributed by atoms with E-state index in [1.807, 2.05) is 43.3 Å². The molecule has 2 heterocycles. The summed E-state index contributed by atoms with van der Waals surface area (Å²) in [6, 6.07) is 11.5. The number of hydrogen-bond acceptors (Lipinski definition) is 4. The molecule has 142 valence electrons. The van der Waals surface area contributed by atoms with E-state index in [2.05, 4.69) is 10.3 Å². The molecule has 0 aliphatic carbocycles. The zero-order valence-corrected chi connectivity index (χ0v) is 15.7. The number of nitrogens with zero attached hydrogens (tertiary/aromatic N) is 2. The summed E-state index contributed by atoms with van der Waals surface area (Å²) in [6.45, 7) is 3.35. The number of likely N-dealkylation sites (tertiary alicyclic amines) is 1. The molecule has 1 aromatic heterocycles. The van der Waals surface area contributed by atoms with Gasteiger partial charge in [0, 0.05) is 39.0 Å². The zero-order valence-electron chi connectivity index (χ0n) is 15.7. The molecule has 1 fully saturated rings.